The Balaban J connectivity index is 1.21. The van der Waals surface area contributed by atoms with Crippen molar-refractivity contribution in [2.45, 2.75) is 18.9 Å². The van der Waals surface area contributed by atoms with Gasteiger partial charge >= 0.3 is 0 Å². The number of phenolic OH excluding ortho intramolecular Hbond substituents is 1. The maximum absolute atomic E-state index is 14.6. The van der Waals surface area contributed by atoms with Gasteiger partial charge in [0.05, 0.1) is 28.9 Å². The minimum atomic E-state index is -1.66. The number of benzene rings is 2. The van der Waals surface area contributed by atoms with Crippen LogP contribution >= 0.6 is 0 Å². The topological polar surface area (TPSA) is 167 Å². The van der Waals surface area contributed by atoms with E-state index in [0.717, 1.165) is 28.3 Å². The zero-order chi connectivity index (χ0) is 33.1. The number of nitrogens with one attached hydrogen (secondary N) is 1. The number of anilines is 1. The molecule has 0 spiro atoms. The van der Waals surface area contributed by atoms with Crippen molar-refractivity contribution in [3.05, 3.63) is 113 Å². The van der Waals surface area contributed by atoms with Crippen molar-refractivity contribution in [2.24, 2.45) is 0 Å². The number of aromatic nitrogens is 7. The van der Waals surface area contributed by atoms with E-state index in [1.165, 1.54) is 0 Å². The zero-order valence-electron chi connectivity index (χ0n) is 24.8. The van der Waals surface area contributed by atoms with Crippen LogP contribution in [0.15, 0.2) is 79.3 Å². The molecule has 0 bridgehead atoms. The summed E-state index contributed by atoms with van der Waals surface area (Å²) in [6.45, 7) is 0. The Bertz CT molecular complexity index is 2460. The number of hydrogen-bond acceptors (Lipinski definition) is 9. The number of carbonyl (C=O) groups excluding carboxylic acids is 2. The highest BCUT2D eigenvalue weighted by Crippen LogP contribution is 2.36. The van der Waals surface area contributed by atoms with Crippen molar-refractivity contribution in [3.8, 4) is 28.6 Å². The van der Waals surface area contributed by atoms with Crippen LogP contribution < -0.4 is 11.1 Å². The summed E-state index contributed by atoms with van der Waals surface area (Å²) in [5.74, 6) is -3.92. The Hall–Kier alpha value is -6.57. The Morgan fingerprint density at radius 1 is 1.00 bits per heavy atom. The van der Waals surface area contributed by atoms with Crippen molar-refractivity contribution >= 4 is 40.2 Å². The quantitative estimate of drug-likeness (QED) is 0.211. The second-order valence-electron chi connectivity index (χ2n) is 11.2. The van der Waals surface area contributed by atoms with Crippen molar-refractivity contribution in [1.82, 2.24) is 39.6 Å². The van der Waals surface area contributed by atoms with Gasteiger partial charge in [0.1, 0.15) is 11.3 Å². The van der Waals surface area contributed by atoms with Gasteiger partial charge in [-0.1, -0.05) is 6.07 Å². The van der Waals surface area contributed by atoms with Gasteiger partial charge in [-0.2, -0.15) is 14.2 Å². The van der Waals surface area contributed by atoms with Crippen LogP contribution in [0.25, 0.3) is 45.1 Å². The van der Waals surface area contributed by atoms with E-state index in [1.54, 1.807) is 29.3 Å². The number of nitrogens with two attached hydrogens (primary N) is 1. The molecule has 8 rings (SSSR count). The van der Waals surface area contributed by atoms with Gasteiger partial charge in [0, 0.05) is 23.5 Å². The van der Waals surface area contributed by atoms with E-state index in [4.69, 9.17) is 15.7 Å². The van der Waals surface area contributed by atoms with Gasteiger partial charge in [0.15, 0.2) is 40.8 Å². The fourth-order valence-corrected chi connectivity index (χ4v) is 6.15. The molecule has 1 aliphatic rings. The number of amides is 1. The lowest BCUT2D eigenvalue weighted by molar-refractivity contribution is 0.0931. The normalized spacial score (nSPS) is 14.0. The predicted molar refractivity (Wildman–Crippen MR) is 171 cm³/mol. The van der Waals surface area contributed by atoms with Crippen LogP contribution in [-0.2, 0) is 6.42 Å². The number of aromatic hydroxyl groups is 1. The van der Waals surface area contributed by atoms with Gasteiger partial charge in [-0.25, -0.2) is 24.3 Å². The third kappa shape index (κ3) is 4.53. The molecular weight excluding hydrogens is 620 g/mol. The number of phenols is 1. The molecule has 2 aromatic carbocycles. The van der Waals surface area contributed by atoms with Crippen LogP contribution in [0, 0.1) is 11.6 Å². The molecular formula is C34H23F2N9O3. The number of rotatable bonds is 6. The number of halogens is 2. The van der Waals surface area contributed by atoms with Gasteiger partial charge in [0.2, 0.25) is 5.82 Å². The Labute approximate surface area is 269 Å². The highest BCUT2D eigenvalue weighted by Gasteiger charge is 2.29. The van der Waals surface area contributed by atoms with Gasteiger partial charge in [0.25, 0.3) is 5.91 Å². The third-order valence-corrected chi connectivity index (χ3v) is 8.47. The van der Waals surface area contributed by atoms with Crippen LogP contribution in [0.2, 0.25) is 0 Å². The Morgan fingerprint density at radius 2 is 1.83 bits per heavy atom. The van der Waals surface area contributed by atoms with E-state index in [1.807, 2.05) is 53.1 Å². The van der Waals surface area contributed by atoms with E-state index < -0.39 is 40.5 Å². The van der Waals surface area contributed by atoms with E-state index in [0.29, 0.717) is 46.9 Å². The molecule has 0 fully saturated rings. The SMILES string of the molecule is Nc1ncccc1-c1nc2ccc(-n3ncc4cccnc43)nc2n1-c1ccc2c(c1)CC[C@@H]2NC(=O)c1cc(C=O)c(O)c(F)c1F. The van der Waals surface area contributed by atoms with Crippen LogP contribution in [0.1, 0.15) is 44.3 Å². The smallest absolute Gasteiger partial charge is 0.254 e. The summed E-state index contributed by atoms with van der Waals surface area (Å²) < 4.78 is 32.3. The van der Waals surface area contributed by atoms with E-state index in [2.05, 4.69) is 20.4 Å². The molecule has 0 radical (unpaired) electrons. The fraction of sp³-hybridized carbons (Fsp3) is 0.0882. The molecule has 0 aliphatic heterocycles. The molecule has 1 amide bonds. The molecule has 236 valence electrons. The van der Waals surface area contributed by atoms with Gasteiger partial charge in [-0.3, -0.25) is 14.2 Å². The highest BCUT2D eigenvalue weighted by atomic mass is 19.2. The predicted octanol–water partition coefficient (Wildman–Crippen LogP) is 5.01. The van der Waals surface area contributed by atoms with E-state index >= 15 is 0 Å². The summed E-state index contributed by atoms with van der Waals surface area (Å²) in [7, 11) is 0. The van der Waals surface area contributed by atoms with Gasteiger partial charge in [-0.15, -0.1) is 0 Å². The summed E-state index contributed by atoms with van der Waals surface area (Å²) in [6, 6.07) is 17.0. The average molecular weight is 644 g/mol. The number of pyridine rings is 3. The first-order valence-corrected chi connectivity index (χ1v) is 14.8. The molecule has 1 atom stereocenters. The monoisotopic (exact) mass is 643 g/mol. The van der Waals surface area contributed by atoms with Crippen molar-refractivity contribution in [3.63, 3.8) is 0 Å². The number of nitrogens with zero attached hydrogens (tertiary/aromatic N) is 7. The number of carbonyl (C=O) groups is 2. The van der Waals surface area contributed by atoms with Crippen LogP contribution in [0.3, 0.4) is 0 Å². The lowest BCUT2D eigenvalue weighted by Crippen LogP contribution is -2.28. The molecule has 0 saturated heterocycles. The lowest BCUT2D eigenvalue weighted by atomic mass is 10.0. The maximum Gasteiger partial charge on any atom is 0.254 e. The summed E-state index contributed by atoms with van der Waals surface area (Å²) in [4.78, 5) is 42.9. The van der Waals surface area contributed by atoms with E-state index in [-0.39, 0.29) is 12.1 Å². The van der Waals surface area contributed by atoms with Gasteiger partial charge < -0.3 is 16.2 Å². The highest BCUT2D eigenvalue weighted by molar-refractivity contribution is 5.97. The van der Waals surface area contributed by atoms with Crippen molar-refractivity contribution < 1.29 is 23.5 Å². The van der Waals surface area contributed by atoms with Crippen LogP contribution in [-0.4, -0.2) is 51.6 Å². The second-order valence-corrected chi connectivity index (χ2v) is 11.2. The fourth-order valence-electron chi connectivity index (χ4n) is 6.15. The first kappa shape index (κ1) is 28.9. The first-order valence-electron chi connectivity index (χ1n) is 14.8. The first-order chi connectivity index (χ1) is 23.3. The summed E-state index contributed by atoms with van der Waals surface area (Å²) >= 11 is 0. The Morgan fingerprint density at radius 3 is 2.67 bits per heavy atom. The molecule has 0 unspecified atom stereocenters. The minimum Gasteiger partial charge on any atom is -0.504 e. The number of aldehydes is 1. The molecule has 1 aliphatic carbocycles. The zero-order valence-corrected chi connectivity index (χ0v) is 24.8. The molecule has 5 aromatic heterocycles. The molecule has 14 heteroatoms. The Kier molecular flexibility index (Phi) is 6.65. The molecule has 12 nitrogen and oxygen atoms in total. The lowest BCUT2D eigenvalue weighted by Gasteiger charge is -2.16. The molecule has 0 saturated carbocycles. The number of aryl methyl sites for hydroxylation is 1. The molecule has 5 heterocycles. The summed E-state index contributed by atoms with van der Waals surface area (Å²) in [5.41, 5.74) is 9.91. The van der Waals surface area contributed by atoms with Crippen molar-refractivity contribution in [2.75, 3.05) is 5.73 Å². The average Bonchev–Trinajstić information content (AvgIpc) is 3.82. The van der Waals surface area contributed by atoms with Gasteiger partial charge in [-0.05, 0) is 78.6 Å². The number of hydrogen-bond donors (Lipinski definition) is 3. The third-order valence-electron chi connectivity index (χ3n) is 8.47. The number of nitrogen functional groups attached to an aromatic ring is 1. The second kappa shape index (κ2) is 11.0. The summed E-state index contributed by atoms with van der Waals surface area (Å²) in [5, 5.41) is 17.8. The number of fused-ring (bicyclic) bond motifs is 3. The molecule has 7 aromatic rings. The number of imidazole rings is 1. The van der Waals surface area contributed by atoms with Crippen LogP contribution in [0.4, 0.5) is 14.6 Å². The maximum atomic E-state index is 14.6. The van der Waals surface area contributed by atoms with Crippen molar-refractivity contribution in [1.29, 1.82) is 0 Å². The minimum absolute atomic E-state index is 0.153. The molecule has 48 heavy (non-hydrogen) atoms. The largest absolute Gasteiger partial charge is 0.504 e. The molecule has 4 N–H and O–H groups in total. The van der Waals surface area contributed by atoms with E-state index in [9.17, 15) is 23.5 Å². The standard InChI is InChI=1S/C34H23F2N9O3/c35-27-23(14-19(16-46)29(47)28(27)36)34(48)42-24-8-5-17-13-20(6-7-21(17)24)44-32(22-4-2-11-38-30(22)37)41-25-9-10-26(43-33(25)44)45-31-18(15-40-45)3-1-12-39-31/h1-4,6-7,9-16,24,47H,5,8H2,(H2,37,38)(H,42,48)/t24-/m0/s1. The van der Waals surface area contributed by atoms with Crippen LogP contribution in [0.5, 0.6) is 5.75 Å². The summed E-state index contributed by atoms with van der Waals surface area (Å²) in [6.07, 6.45) is 6.22.